The van der Waals surface area contributed by atoms with Gasteiger partial charge in [0, 0.05) is 29.5 Å². The Morgan fingerprint density at radius 3 is 1.68 bits per heavy atom. The largest absolute Gasteiger partial charge is 0.353 e. The molecule has 0 heterocycles. The summed E-state index contributed by atoms with van der Waals surface area (Å²) in [6.45, 7) is 0. The number of para-hydroxylation sites is 2. The SMILES string of the molecule is O=C(Nc1ccccc1)C(C(=O)Nc1ccccc1)C(C(=O)NC1CCCCC1)c1ccc([N+](=O)[O-])cc1. The van der Waals surface area contributed by atoms with Crippen LogP contribution in [0.2, 0.25) is 0 Å². The van der Waals surface area contributed by atoms with Gasteiger partial charge in [-0.3, -0.25) is 24.5 Å². The molecule has 0 aromatic heterocycles. The van der Waals surface area contributed by atoms with Gasteiger partial charge in [-0.05, 0) is 42.7 Å². The third-order valence-corrected chi connectivity index (χ3v) is 6.68. The van der Waals surface area contributed by atoms with Crippen molar-refractivity contribution in [2.24, 2.45) is 5.92 Å². The number of anilines is 2. The summed E-state index contributed by atoms with van der Waals surface area (Å²) in [5.74, 6) is -4.47. The second kappa shape index (κ2) is 12.6. The number of carbonyl (C=O) groups is 3. The first kappa shape index (κ1) is 26.5. The second-order valence-corrected chi connectivity index (χ2v) is 9.36. The molecule has 1 atom stereocenters. The summed E-state index contributed by atoms with van der Waals surface area (Å²) in [5.41, 5.74) is 1.13. The number of nitrogens with zero attached hydrogens (tertiary/aromatic N) is 1. The van der Waals surface area contributed by atoms with Gasteiger partial charge in [0.15, 0.2) is 0 Å². The summed E-state index contributed by atoms with van der Waals surface area (Å²) in [7, 11) is 0. The summed E-state index contributed by atoms with van der Waals surface area (Å²) < 4.78 is 0. The van der Waals surface area contributed by atoms with Gasteiger partial charge in [-0.15, -0.1) is 0 Å². The highest BCUT2D eigenvalue weighted by atomic mass is 16.6. The van der Waals surface area contributed by atoms with Crippen molar-refractivity contribution in [3.05, 3.63) is 101 Å². The molecule has 9 nitrogen and oxygen atoms in total. The van der Waals surface area contributed by atoms with Gasteiger partial charge in [0.05, 0.1) is 10.8 Å². The monoisotopic (exact) mass is 514 g/mol. The van der Waals surface area contributed by atoms with E-state index in [0.29, 0.717) is 16.9 Å². The van der Waals surface area contributed by atoms with E-state index in [1.54, 1.807) is 60.7 Å². The van der Waals surface area contributed by atoms with E-state index >= 15 is 0 Å². The molecule has 0 saturated heterocycles. The minimum atomic E-state index is -1.46. The molecule has 4 rings (SSSR count). The Balaban J connectivity index is 1.72. The van der Waals surface area contributed by atoms with Crippen molar-refractivity contribution in [1.82, 2.24) is 5.32 Å². The first-order chi connectivity index (χ1) is 18.4. The molecule has 9 heteroatoms. The third-order valence-electron chi connectivity index (χ3n) is 6.68. The predicted molar refractivity (Wildman–Crippen MR) is 144 cm³/mol. The Labute approximate surface area is 220 Å². The number of nitro benzene ring substituents is 1. The van der Waals surface area contributed by atoms with E-state index in [4.69, 9.17) is 0 Å². The summed E-state index contributed by atoms with van der Waals surface area (Å²) in [6, 6.07) is 22.7. The van der Waals surface area contributed by atoms with Gasteiger partial charge >= 0.3 is 0 Å². The Bertz CT molecular complexity index is 1210. The van der Waals surface area contributed by atoms with Gasteiger partial charge < -0.3 is 16.0 Å². The van der Waals surface area contributed by atoms with Gasteiger partial charge in [0.2, 0.25) is 17.7 Å². The third kappa shape index (κ3) is 6.82. The molecular weight excluding hydrogens is 484 g/mol. The van der Waals surface area contributed by atoms with E-state index in [1.807, 2.05) is 0 Å². The van der Waals surface area contributed by atoms with Crippen LogP contribution in [0.1, 0.15) is 43.6 Å². The molecular formula is C29H30N4O5. The fourth-order valence-corrected chi connectivity index (χ4v) is 4.74. The zero-order valence-electron chi connectivity index (χ0n) is 20.8. The molecule has 0 spiro atoms. The van der Waals surface area contributed by atoms with Crippen molar-refractivity contribution in [3.63, 3.8) is 0 Å². The number of non-ortho nitro benzene ring substituents is 1. The summed E-state index contributed by atoms with van der Waals surface area (Å²) in [6.07, 6.45) is 4.70. The minimum absolute atomic E-state index is 0.0631. The first-order valence-corrected chi connectivity index (χ1v) is 12.7. The molecule has 0 aliphatic heterocycles. The van der Waals surface area contributed by atoms with Gasteiger partial charge in [-0.2, -0.15) is 0 Å². The van der Waals surface area contributed by atoms with Crippen molar-refractivity contribution in [2.45, 2.75) is 44.1 Å². The van der Waals surface area contributed by atoms with E-state index in [0.717, 1.165) is 32.1 Å². The Morgan fingerprint density at radius 1 is 0.711 bits per heavy atom. The lowest BCUT2D eigenvalue weighted by Crippen LogP contribution is -2.47. The molecule has 38 heavy (non-hydrogen) atoms. The summed E-state index contributed by atoms with van der Waals surface area (Å²) >= 11 is 0. The van der Waals surface area contributed by atoms with Crippen molar-refractivity contribution < 1.29 is 19.3 Å². The lowest BCUT2D eigenvalue weighted by atomic mass is 9.82. The fraction of sp³-hybridized carbons (Fsp3) is 0.276. The van der Waals surface area contributed by atoms with E-state index in [2.05, 4.69) is 16.0 Å². The van der Waals surface area contributed by atoms with Crippen LogP contribution in [-0.2, 0) is 14.4 Å². The molecule has 3 aromatic rings. The van der Waals surface area contributed by atoms with Crippen LogP contribution < -0.4 is 16.0 Å². The van der Waals surface area contributed by atoms with Crippen LogP contribution in [0.3, 0.4) is 0 Å². The maximum atomic E-state index is 13.8. The Morgan fingerprint density at radius 2 is 1.21 bits per heavy atom. The number of benzene rings is 3. The molecule has 196 valence electrons. The minimum Gasteiger partial charge on any atom is -0.353 e. The highest BCUT2D eigenvalue weighted by Crippen LogP contribution is 2.31. The molecule has 1 aliphatic carbocycles. The molecule has 1 aliphatic rings. The molecule has 1 unspecified atom stereocenters. The van der Waals surface area contributed by atoms with Crippen LogP contribution in [0.25, 0.3) is 0 Å². The molecule has 3 N–H and O–H groups in total. The molecule has 1 saturated carbocycles. The molecule has 0 bridgehead atoms. The summed E-state index contributed by atoms with van der Waals surface area (Å²) in [4.78, 5) is 51.8. The average molecular weight is 515 g/mol. The van der Waals surface area contributed by atoms with Crippen molar-refractivity contribution in [1.29, 1.82) is 0 Å². The highest BCUT2D eigenvalue weighted by molar-refractivity contribution is 6.14. The Hall–Kier alpha value is -4.53. The number of carbonyl (C=O) groups excluding carboxylic acids is 3. The Kier molecular flexibility index (Phi) is 8.81. The quantitative estimate of drug-likeness (QED) is 0.210. The molecule has 3 amide bonds. The maximum Gasteiger partial charge on any atom is 0.269 e. The fourth-order valence-electron chi connectivity index (χ4n) is 4.74. The van der Waals surface area contributed by atoms with Crippen LogP contribution in [-0.4, -0.2) is 28.7 Å². The van der Waals surface area contributed by atoms with E-state index in [-0.39, 0.29) is 11.7 Å². The lowest BCUT2D eigenvalue weighted by Gasteiger charge is -2.29. The zero-order valence-corrected chi connectivity index (χ0v) is 20.8. The van der Waals surface area contributed by atoms with Crippen molar-refractivity contribution in [3.8, 4) is 0 Å². The standard InChI is InChI=1S/C29H30N4O5/c34-27(30-21-10-4-1-5-11-21)25(20-16-18-24(19-17-20)33(37)38)26(28(35)31-22-12-6-2-7-13-22)29(36)32-23-14-8-3-9-15-23/h2-3,6-9,12-19,21,25-26H,1,4-5,10-11H2,(H,30,34)(H,31,35)(H,32,36). The number of amides is 3. The average Bonchev–Trinajstić information content (AvgIpc) is 2.93. The number of nitrogens with one attached hydrogen (secondary N) is 3. The molecule has 0 radical (unpaired) electrons. The topological polar surface area (TPSA) is 130 Å². The van der Waals surface area contributed by atoms with Gasteiger partial charge in [0.1, 0.15) is 5.92 Å². The normalized spacial score (nSPS) is 14.3. The predicted octanol–water partition coefficient (Wildman–Crippen LogP) is 5.02. The van der Waals surface area contributed by atoms with Crippen LogP contribution in [0, 0.1) is 16.0 Å². The second-order valence-electron chi connectivity index (χ2n) is 9.36. The van der Waals surface area contributed by atoms with Crippen LogP contribution >= 0.6 is 0 Å². The lowest BCUT2D eigenvalue weighted by molar-refractivity contribution is -0.384. The van der Waals surface area contributed by atoms with Crippen molar-refractivity contribution >= 4 is 34.8 Å². The van der Waals surface area contributed by atoms with Crippen LogP contribution in [0.5, 0.6) is 0 Å². The number of hydrogen-bond acceptors (Lipinski definition) is 5. The van der Waals surface area contributed by atoms with Gasteiger partial charge in [-0.1, -0.05) is 67.8 Å². The number of nitro groups is 1. The van der Waals surface area contributed by atoms with E-state index < -0.39 is 34.5 Å². The number of rotatable bonds is 9. The highest BCUT2D eigenvalue weighted by Gasteiger charge is 2.41. The van der Waals surface area contributed by atoms with Crippen molar-refractivity contribution in [2.75, 3.05) is 10.6 Å². The van der Waals surface area contributed by atoms with E-state index in [9.17, 15) is 24.5 Å². The smallest absolute Gasteiger partial charge is 0.269 e. The first-order valence-electron chi connectivity index (χ1n) is 12.7. The van der Waals surface area contributed by atoms with E-state index in [1.165, 1.54) is 24.3 Å². The zero-order chi connectivity index (χ0) is 26.9. The molecule has 3 aromatic carbocycles. The number of hydrogen-bond donors (Lipinski definition) is 3. The summed E-state index contributed by atoms with van der Waals surface area (Å²) in [5, 5.41) is 19.8. The van der Waals surface area contributed by atoms with Crippen LogP contribution in [0.15, 0.2) is 84.9 Å². The maximum absolute atomic E-state index is 13.8. The van der Waals surface area contributed by atoms with Crippen LogP contribution in [0.4, 0.5) is 17.1 Å². The van der Waals surface area contributed by atoms with Gasteiger partial charge in [-0.25, -0.2) is 0 Å². The van der Waals surface area contributed by atoms with Gasteiger partial charge in [0.25, 0.3) is 5.69 Å². The molecule has 1 fully saturated rings.